The monoisotopic (exact) mass is 239 g/mol. The van der Waals surface area contributed by atoms with Crippen LogP contribution in [0.25, 0.3) is 0 Å². The summed E-state index contributed by atoms with van der Waals surface area (Å²) < 4.78 is 13.0. The van der Waals surface area contributed by atoms with Crippen molar-refractivity contribution >= 4 is 5.91 Å². The molecular formula is C13H18FNO2. The molecule has 17 heavy (non-hydrogen) atoms. The van der Waals surface area contributed by atoms with Crippen LogP contribution >= 0.6 is 0 Å². The molecule has 0 aliphatic carbocycles. The van der Waals surface area contributed by atoms with Gasteiger partial charge in [-0.2, -0.15) is 0 Å². The second-order valence-electron chi connectivity index (χ2n) is 4.49. The predicted molar refractivity (Wildman–Crippen MR) is 64.3 cm³/mol. The Balaban J connectivity index is 2.61. The summed E-state index contributed by atoms with van der Waals surface area (Å²) in [4.78, 5) is 11.7. The number of aryl methyl sites for hydroxylation is 1. The van der Waals surface area contributed by atoms with Gasteiger partial charge in [0.25, 0.3) is 5.91 Å². The van der Waals surface area contributed by atoms with Crippen molar-refractivity contribution < 1.29 is 14.3 Å². The number of nitrogens with one attached hydrogen (secondary N) is 1. The van der Waals surface area contributed by atoms with Crippen molar-refractivity contribution in [3.8, 4) is 0 Å². The Morgan fingerprint density at radius 3 is 2.65 bits per heavy atom. The number of amides is 1. The Morgan fingerprint density at radius 1 is 1.47 bits per heavy atom. The van der Waals surface area contributed by atoms with E-state index in [1.165, 1.54) is 18.2 Å². The molecule has 0 saturated carbocycles. The van der Waals surface area contributed by atoms with Crippen LogP contribution in [-0.4, -0.2) is 23.7 Å². The van der Waals surface area contributed by atoms with Crippen LogP contribution in [0.1, 0.15) is 29.8 Å². The highest BCUT2D eigenvalue weighted by Gasteiger charge is 2.12. The number of hydrogen-bond donors (Lipinski definition) is 2. The molecule has 1 aromatic rings. The molecule has 0 spiro atoms. The van der Waals surface area contributed by atoms with Crippen LogP contribution in [0, 0.1) is 18.7 Å². The van der Waals surface area contributed by atoms with Crippen molar-refractivity contribution in [3.63, 3.8) is 0 Å². The predicted octanol–water partition coefficient (Wildman–Crippen LogP) is 1.88. The zero-order valence-electron chi connectivity index (χ0n) is 10.3. The van der Waals surface area contributed by atoms with Crippen molar-refractivity contribution in [2.24, 2.45) is 5.92 Å². The summed E-state index contributed by atoms with van der Waals surface area (Å²) in [6.45, 7) is 5.56. The van der Waals surface area contributed by atoms with Crippen molar-refractivity contribution in [2.45, 2.75) is 26.9 Å². The molecule has 3 nitrogen and oxygen atoms in total. The van der Waals surface area contributed by atoms with Gasteiger partial charge in [-0.25, -0.2) is 4.39 Å². The first-order valence-electron chi connectivity index (χ1n) is 5.64. The van der Waals surface area contributed by atoms with Crippen LogP contribution in [0.3, 0.4) is 0 Å². The largest absolute Gasteiger partial charge is 0.391 e. The Bertz CT molecular complexity index is 404. The highest BCUT2D eigenvalue weighted by molar-refractivity contribution is 5.94. The minimum Gasteiger partial charge on any atom is -0.391 e. The van der Waals surface area contributed by atoms with Gasteiger partial charge in [-0.05, 0) is 36.6 Å². The molecule has 0 saturated heterocycles. The Hall–Kier alpha value is -1.42. The third-order valence-corrected chi connectivity index (χ3v) is 2.66. The molecule has 1 aromatic carbocycles. The van der Waals surface area contributed by atoms with Crippen LogP contribution < -0.4 is 5.32 Å². The molecule has 0 radical (unpaired) electrons. The fourth-order valence-corrected chi connectivity index (χ4v) is 1.32. The summed E-state index contributed by atoms with van der Waals surface area (Å²) in [7, 11) is 0. The third-order valence-electron chi connectivity index (χ3n) is 2.66. The molecule has 1 atom stereocenters. The minimum atomic E-state index is -0.569. The van der Waals surface area contributed by atoms with Crippen LogP contribution in [0.4, 0.5) is 4.39 Å². The molecule has 1 amide bonds. The van der Waals surface area contributed by atoms with Crippen LogP contribution in [0.15, 0.2) is 18.2 Å². The first-order chi connectivity index (χ1) is 7.91. The Labute approximate surface area is 101 Å². The lowest BCUT2D eigenvalue weighted by Crippen LogP contribution is -2.34. The standard InChI is InChI=1S/C13H18FNO2/c1-8(2)12(16)7-15-13(17)10-4-5-11(14)9(3)6-10/h4-6,8,12,16H,7H2,1-3H3,(H,15,17). The van der Waals surface area contributed by atoms with E-state index in [2.05, 4.69) is 5.32 Å². The molecule has 4 heteroatoms. The fraction of sp³-hybridized carbons (Fsp3) is 0.462. The Morgan fingerprint density at radius 2 is 2.12 bits per heavy atom. The number of carbonyl (C=O) groups excluding carboxylic acids is 1. The number of aliphatic hydroxyl groups excluding tert-OH is 1. The second kappa shape index (κ2) is 5.77. The van der Waals surface area contributed by atoms with E-state index in [0.717, 1.165) is 0 Å². The molecule has 0 bridgehead atoms. The molecule has 0 aliphatic rings. The zero-order valence-corrected chi connectivity index (χ0v) is 10.3. The third kappa shape index (κ3) is 3.82. The van der Waals surface area contributed by atoms with Gasteiger partial charge in [0.2, 0.25) is 0 Å². The summed E-state index contributed by atoms with van der Waals surface area (Å²) in [5.41, 5.74) is 0.835. The molecule has 1 unspecified atom stereocenters. The number of benzene rings is 1. The van der Waals surface area contributed by atoms with Crippen molar-refractivity contribution in [3.05, 3.63) is 35.1 Å². The van der Waals surface area contributed by atoms with E-state index in [1.54, 1.807) is 6.92 Å². The molecule has 2 N–H and O–H groups in total. The summed E-state index contributed by atoms with van der Waals surface area (Å²) in [6.07, 6.45) is -0.569. The molecule has 1 rings (SSSR count). The first-order valence-corrected chi connectivity index (χ1v) is 5.64. The van der Waals surface area contributed by atoms with Gasteiger partial charge in [-0.3, -0.25) is 4.79 Å². The summed E-state index contributed by atoms with van der Waals surface area (Å²) in [5, 5.41) is 12.2. The van der Waals surface area contributed by atoms with E-state index in [4.69, 9.17) is 0 Å². The lowest BCUT2D eigenvalue weighted by Gasteiger charge is -2.15. The highest BCUT2D eigenvalue weighted by atomic mass is 19.1. The van der Waals surface area contributed by atoms with E-state index in [0.29, 0.717) is 11.1 Å². The van der Waals surface area contributed by atoms with Gasteiger partial charge in [0, 0.05) is 12.1 Å². The lowest BCUT2D eigenvalue weighted by atomic mass is 10.1. The van der Waals surface area contributed by atoms with Crippen LogP contribution in [-0.2, 0) is 0 Å². The molecule has 0 aliphatic heterocycles. The molecular weight excluding hydrogens is 221 g/mol. The fourth-order valence-electron chi connectivity index (χ4n) is 1.32. The van der Waals surface area contributed by atoms with Gasteiger partial charge in [-0.15, -0.1) is 0 Å². The molecule has 0 heterocycles. The van der Waals surface area contributed by atoms with Gasteiger partial charge < -0.3 is 10.4 Å². The molecule has 94 valence electrons. The zero-order chi connectivity index (χ0) is 13.0. The van der Waals surface area contributed by atoms with E-state index in [9.17, 15) is 14.3 Å². The number of hydrogen-bond acceptors (Lipinski definition) is 2. The van der Waals surface area contributed by atoms with Gasteiger partial charge in [0.1, 0.15) is 5.82 Å². The average Bonchev–Trinajstić information content (AvgIpc) is 2.28. The summed E-state index contributed by atoms with van der Waals surface area (Å²) >= 11 is 0. The van der Waals surface area contributed by atoms with Crippen molar-refractivity contribution in [1.82, 2.24) is 5.32 Å². The van der Waals surface area contributed by atoms with Crippen molar-refractivity contribution in [2.75, 3.05) is 6.54 Å². The van der Waals surface area contributed by atoms with E-state index in [-0.39, 0.29) is 24.2 Å². The number of aliphatic hydroxyl groups is 1. The smallest absolute Gasteiger partial charge is 0.251 e. The van der Waals surface area contributed by atoms with Crippen LogP contribution in [0.2, 0.25) is 0 Å². The average molecular weight is 239 g/mol. The van der Waals surface area contributed by atoms with Crippen LogP contribution in [0.5, 0.6) is 0 Å². The number of carbonyl (C=O) groups is 1. The quantitative estimate of drug-likeness (QED) is 0.842. The maximum Gasteiger partial charge on any atom is 0.251 e. The van der Waals surface area contributed by atoms with Crippen molar-refractivity contribution in [1.29, 1.82) is 0 Å². The number of halogens is 1. The summed E-state index contributed by atoms with van der Waals surface area (Å²) in [6, 6.07) is 4.19. The van der Waals surface area contributed by atoms with Gasteiger partial charge in [0.05, 0.1) is 6.10 Å². The number of rotatable bonds is 4. The molecule has 0 aromatic heterocycles. The van der Waals surface area contributed by atoms with E-state index in [1.807, 2.05) is 13.8 Å². The first kappa shape index (κ1) is 13.6. The van der Waals surface area contributed by atoms with E-state index < -0.39 is 6.10 Å². The van der Waals surface area contributed by atoms with Gasteiger partial charge in [0.15, 0.2) is 0 Å². The topological polar surface area (TPSA) is 49.3 Å². The van der Waals surface area contributed by atoms with Gasteiger partial charge in [-0.1, -0.05) is 13.8 Å². The lowest BCUT2D eigenvalue weighted by molar-refractivity contribution is 0.0871. The van der Waals surface area contributed by atoms with E-state index >= 15 is 0 Å². The maximum atomic E-state index is 13.0. The SMILES string of the molecule is Cc1cc(C(=O)NCC(O)C(C)C)ccc1F. The minimum absolute atomic E-state index is 0.0882. The second-order valence-corrected chi connectivity index (χ2v) is 4.49. The molecule has 0 fully saturated rings. The summed E-state index contributed by atoms with van der Waals surface area (Å²) in [5.74, 6) is -0.540. The Kier molecular flexibility index (Phi) is 4.63. The van der Waals surface area contributed by atoms with Gasteiger partial charge >= 0.3 is 0 Å². The highest BCUT2D eigenvalue weighted by Crippen LogP contribution is 2.09. The normalized spacial score (nSPS) is 12.6. The maximum absolute atomic E-state index is 13.0.